The van der Waals surface area contributed by atoms with E-state index in [1.165, 1.54) is 4.90 Å². The smallest absolute Gasteiger partial charge is 0.342 e. The zero-order valence-corrected chi connectivity index (χ0v) is 23.6. The molecule has 3 amide bonds. The van der Waals surface area contributed by atoms with Crippen molar-refractivity contribution in [2.24, 2.45) is 0 Å². The second-order valence-electron chi connectivity index (χ2n) is 10.3. The second kappa shape index (κ2) is 12.7. The fourth-order valence-corrected chi connectivity index (χ4v) is 5.15. The summed E-state index contributed by atoms with van der Waals surface area (Å²) in [5.74, 6) is -6.76. The highest BCUT2D eigenvalue weighted by atomic mass is 35.5. The molecule has 43 heavy (non-hydrogen) atoms. The van der Waals surface area contributed by atoms with Gasteiger partial charge in [-0.15, -0.1) is 0 Å². The van der Waals surface area contributed by atoms with Crippen LogP contribution in [0.5, 0.6) is 0 Å². The van der Waals surface area contributed by atoms with Crippen molar-refractivity contribution in [3.8, 4) is 0 Å². The molecule has 4 rings (SSSR count). The number of hydrogen-bond donors (Lipinski definition) is 2. The summed E-state index contributed by atoms with van der Waals surface area (Å²) in [5.41, 5.74) is -1.61. The highest BCUT2D eigenvalue weighted by molar-refractivity contribution is 6.30. The number of rotatable bonds is 7. The maximum Gasteiger partial charge on any atom is 0.417 e. The molecule has 13 heteroatoms. The van der Waals surface area contributed by atoms with Crippen LogP contribution in [0, 0.1) is 17.5 Å². The van der Waals surface area contributed by atoms with Gasteiger partial charge in [-0.2, -0.15) is 13.2 Å². The molecule has 0 bridgehead atoms. The van der Waals surface area contributed by atoms with Gasteiger partial charge in [0.2, 0.25) is 11.8 Å². The van der Waals surface area contributed by atoms with Crippen molar-refractivity contribution in [2.45, 2.75) is 57.4 Å². The normalized spacial score (nSPS) is 16.0. The number of halogens is 7. The lowest BCUT2D eigenvalue weighted by molar-refractivity contribution is -0.138. The average molecular weight is 626 g/mol. The quantitative estimate of drug-likeness (QED) is 0.317. The van der Waals surface area contributed by atoms with Crippen LogP contribution in [0.1, 0.15) is 47.3 Å². The Bertz CT molecular complexity index is 1560. The molecule has 0 spiro atoms. The number of carbonyl (C=O) groups excluding carboxylic acids is 3. The van der Waals surface area contributed by atoms with Crippen LogP contribution in [-0.2, 0) is 28.6 Å². The summed E-state index contributed by atoms with van der Waals surface area (Å²) in [5, 5.41) is 5.11. The average Bonchev–Trinajstić information content (AvgIpc) is 3.06. The van der Waals surface area contributed by atoms with E-state index in [9.17, 15) is 40.7 Å². The lowest BCUT2D eigenvalue weighted by Crippen LogP contribution is -2.55. The van der Waals surface area contributed by atoms with Crippen LogP contribution >= 0.6 is 11.6 Å². The van der Waals surface area contributed by atoms with Crippen LogP contribution in [-0.4, -0.2) is 35.8 Å². The van der Waals surface area contributed by atoms with E-state index in [1.807, 2.05) is 0 Å². The Morgan fingerprint density at radius 2 is 1.77 bits per heavy atom. The monoisotopic (exact) mass is 625 g/mol. The Morgan fingerprint density at radius 1 is 1.05 bits per heavy atom. The fourth-order valence-electron chi connectivity index (χ4n) is 4.96. The number of nitrogens with one attached hydrogen (secondary N) is 2. The summed E-state index contributed by atoms with van der Waals surface area (Å²) in [7, 11) is 0. The van der Waals surface area contributed by atoms with Gasteiger partial charge in [-0.3, -0.25) is 14.4 Å². The van der Waals surface area contributed by atoms with Crippen molar-refractivity contribution in [2.75, 3.05) is 4.90 Å². The predicted octanol–water partition coefficient (Wildman–Crippen LogP) is 5.99. The molecule has 1 heterocycles. The first-order chi connectivity index (χ1) is 20.2. The van der Waals surface area contributed by atoms with Crippen molar-refractivity contribution in [1.29, 1.82) is 0 Å². The van der Waals surface area contributed by atoms with Gasteiger partial charge >= 0.3 is 6.18 Å². The van der Waals surface area contributed by atoms with Crippen molar-refractivity contribution in [3.63, 3.8) is 0 Å². The maximum atomic E-state index is 14.6. The van der Waals surface area contributed by atoms with Gasteiger partial charge < -0.3 is 15.5 Å². The van der Waals surface area contributed by atoms with Crippen molar-refractivity contribution < 1.29 is 40.7 Å². The molecule has 2 N–H and O–H groups in total. The van der Waals surface area contributed by atoms with Crippen LogP contribution in [0.3, 0.4) is 0 Å². The Kier molecular flexibility index (Phi) is 9.38. The molecule has 3 aromatic rings. The first kappa shape index (κ1) is 31.9. The number of amides is 3. The van der Waals surface area contributed by atoms with Gasteiger partial charge in [-0.05, 0) is 80.3 Å². The minimum Gasteiger partial charge on any atom is -0.342 e. The molecule has 6 nitrogen and oxygen atoms in total. The Labute approximate surface area is 248 Å². The molecule has 228 valence electrons. The summed E-state index contributed by atoms with van der Waals surface area (Å²) in [6.07, 6.45) is -5.37. The standard InChI is InChI=1S/C30H26ClF6N3O3/c1-15(2)40-25-11-7-18(31)12-16(25)6-10-23(29(40)43)38-28(42)24(13-17-4-3-5-22(33)26(17)34)39-27(41)20-9-8-19(32)14-21(20)30(35,36)37/h3-5,7-9,11-12,14-15,23-24H,6,10,13H2,1-2H3,(H,38,42)(H,39,41)/t23-,24-/m1/s1. The number of nitrogens with zero attached hydrogens (tertiary/aromatic N) is 1. The number of benzene rings is 3. The first-order valence-corrected chi connectivity index (χ1v) is 13.6. The fraction of sp³-hybridized carbons (Fsp3) is 0.300. The van der Waals surface area contributed by atoms with Gasteiger partial charge in [-0.1, -0.05) is 23.7 Å². The van der Waals surface area contributed by atoms with Gasteiger partial charge in [0, 0.05) is 23.2 Å². The molecule has 0 aromatic heterocycles. The summed E-state index contributed by atoms with van der Waals surface area (Å²) < 4.78 is 82.9. The highest BCUT2D eigenvalue weighted by Gasteiger charge is 2.38. The van der Waals surface area contributed by atoms with E-state index in [0.29, 0.717) is 29.3 Å². The number of fused-ring (bicyclic) bond motifs is 1. The van der Waals surface area contributed by atoms with Crippen molar-refractivity contribution >= 4 is 35.0 Å². The van der Waals surface area contributed by atoms with Gasteiger partial charge in [0.15, 0.2) is 11.6 Å². The molecule has 1 aliphatic rings. The zero-order chi connectivity index (χ0) is 31.6. The van der Waals surface area contributed by atoms with Crippen LogP contribution in [0.25, 0.3) is 0 Å². The van der Waals surface area contributed by atoms with E-state index in [2.05, 4.69) is 10.6 Å². The van der Waals surface area contributed by atoms with E-state index < -0.39 is 71.0 Å². The Balaban J connectivity index is 1.66. The SMILES string of the molecule is CC(C)N1C(=O)[C@H](NC(=O)[C@@H](Cc2cccc(F)c2F)NC(=O)c2ccc(F)cc2C(F)(F)F)CCc2cc(Cl)ccc21. The second-order valence-corrected chi connectivity index (χ2v) is 10.7. The van der Waals surface area contributed by atoms with Gasteiger partial charge in [0.1, 0.15) is 17.9 Å². The lowest BCUT2D eigenvalue weighted by Gasteiger charge is -2.30. The third-order valence-corrected chi connectivity index (χ3v) is 7.22. The van der Waals surface area contributed by atoms with Gasteiger partial charge in [-0.25, -0.2) is 13.2 Å². The van der Waals surface area contributed by atoms with Crippen molar-refractivity contribution in [3.05, 3.63) is 99.3 Å². The van der Waals surface area contributed by atoms with E-state index in [4.69, 9.17) is 11.6 Å². The number of hydrogen-bond acceptors (Lipinski definition) is 3. The summed E-state index contributed by atoms with van der Waals surface area (Å²) in [4.78, 5) is 41.7. The molecule has 2 atom stereocenters. The minimum absolute atomic E-state index is 0.103. The summed E-state index contributed by atoms with van der Waals surface area (Å²) >= 11 is 6.14. The lowest BCUT2D eigenvalue weighted by atomic mass is 10.0. The Morgan fingerprint density at radius 3 is 2.44 bits per heavy atom. The molecule has 0 saturated carbocycles. The molecular formula is C30H26ClF6N3O3. The van der Waals surface area contributed by atoms with E-state index in [-0.39, 0.29) is 24.1 Å². The number of anilines is 1. The molecular weight excluding hydrogens is 600 g/mol. The Hall–Kier alpha value is -4.06. The minimum atomic E-state index is -5.12. The molecule has 0 aliphatic carbocycles. The summed E-state index contributed by atoms with van der Waals surface area (Å²) in [6.45, 7) is 3.52. The maximum absolute atomic E-state index is 14.6. The number of carbonyl (C=O) groups is 3. The highest BCUT2D eigenvalue weighted by Crippen LogP contribution is 2.33. The van der Waals surface area contributed by atoms with Gasteiger partial charge in [0.05, 0.1) is 11.1 Å². The predicted molar refractivity (Wildman–Crippen MR) is 147 cm³/mol. The molecule has 0 radical (unpaired) electrons. The molecule has 3 aromatic carbocycles. The number of alkyl halides is 3. The molecule has 0 unspecified atom stereocenters. The number of aryl methyl sites for hydroxylation is 1. The summed E-state index contributed by atoms with van der Waals surface area (Å²) in [6, 6.07) is 6.24. The third kappa shape index (κ3) is 7.12. The van der Waals surface area contributed by atoms with Crippen molar-refractivity contribution in [1.82, 2.24) is 10.6 Å². The topological polar surface area (TPSA) is 78.5 Å². The zero-order valence-electron chi connectivity index (χ0n) is 22.9. The third-order valence-electron chi connectivity index (χ3n) is 6.98. The molecule has 0 fully saturated rings. The van der Waals surface area contributed by atoms with E-state index in [1.54, 1.807) is 32.0 Å². The van der Waals surface area contributed by atoms with Crippen LogP contribution < -0.4 is 15.5 Å². The van der Waals surface area contributed by atoms with Crippen LogP contribution in [0.15, 0.2) is 54.6 Å². The van der Waals surface area contributed by atoms with Gasteiger partial charge in [0.25, 0.3) is 5.91 Å². The first-order valence-electron chi connectivity index (χ1n) is 13.2. The van der Waals surface area contributed by atoms with E-state index >= 15 is 0 Å². The van der Waals surface area contributed by atoms with E-state index in [0.717, 1.165) is 23.8 Å². The van der Waals surface area contributed by atoms with Crippen LogP contribution in [0.2, 0.25) is 5.02 Å². The molecule has 1 aliphatic heterocycles. The molecule has 0 saturated heterocycles. The van der Waals surface area contributed by atoms with Crippen LogP contribution in [0.4, 0.5) is 32.0 Å². The largest absolute Gasteiger partial charge is 0.417 e.